The number of hydrogen-bond donors (Lipinski definition) is 3. The maximum absolute atomic E-state index is 13.3. The number of carbonyl (C=O) groups excluding carboxylic acids is 1. The fraction of sp³-hybridized carbons (Fsp3) is 0.417. The largest absolute Gasteiger partial charge is 0.391 e. The lowest BCUT2D eigenvalue weighted by molar-refractivity contribution is 0.0922. The molecule has 0 bridgehead atoms. The highest BCUT2D eigenvalue weighted by atomic mass is 19.2. The molecule has 1 amide bonds. The molecular weight excluding hydrogens is 242 g/mol. The molecule has 1 aromatic carbocycles. The van der Waals surface area contributed by atoms with Crippen LogP contribution in [0.25, 0.3) is 0 Å². The minimum absolute atomic E-state index is 0.106. The third kappa shape index (κ3) is 2.65. The lowest BCUT2D eigenvalue weighted by atomic mass is 10.1. The highest BCUT2D eigenvalue weighted by Gasteiger charge is 2.25. The van der Waals surface area contributed by atoms with Crippen LogP contribution in [-0.2, 0) is 0 Å². The lowest BCUT2D eigenvalue weighted by Gasteiger charge is -2.14. The van der Waals surface area contributed by atoms with E-state index >= 15 is 0 Å². The molecule has 98 valence electrons. The summed E-state index contributed by atoms with van der Waals surface area (Å²) in [4.78, 5) is 11.7. The Hall–Kier alpha value is -1.53. The molecule has 0 saturated carbocycles. The average molecular weight is 256 g/mol. The van der Waals surface area contributed by atoms with Crippen molar-refractivity contribution in [1.82, 2.24) is 10.6 Å². The Morgan fingerprint density at radius 3 is 2.89 bits per heavy atom. The number of amides is 1. The molecule has 0 aromatic heterocycles. The van der Waals surface area contributed by atoms with Crippen LogP contribution in [0.2, 0.25) is 0 Å². The van der Waals surface area contributed by atoms with Crippen LogP contribution in [0.4, 0.5) is 8.78 Å². The Kier molecular flexibility index (Phi) is 3.88. The van der Waals surface area contributed by atoms with Crippen LogP contribution in [0.15, 0.2) is 18.2 Å². The summed E-state index contributed by atoms with van der Waals surface area (Å²) in [6, 6.07) is 3.45. The summed E-state index contributed by atoms with van der Waals surface area (Å²) in [5.41, 5.74) is -0.324. The minimum Gasteiger partial charge on any atom is -0.391 e. The Morgan fingerprint density at radius 1 is 1.44 bits per heavy atom. The first-order chi connectivity index (χ1) is 8.59. The number of β-amino-alcohol motifs (C(OH)–C–C–N with tert-alkyl or cyclic N) is 1. The molecule has 2 rings (SSSR count). The summed E-state index contributed by atoms with van der Waals surface area (Å²) < 4.78 is 26.3. The van der Waals surface area contributed by atoms with Gasteiger partial charge in [-0.15, -0.1) is 0 Å². The Labute approximate surface area is 103 Å². The molecule has 1 aliphatic heterocycles. The van der Waals surface area contributed by atoms with Gasteiger partial charge in [-0.2, -0.15) is 0 Å². The Morgan fingerprint density at radius 2 is 2.22 bits per heavy atom. The average Bonchev–Trinajstić information content (AvgIpc) is 2.75. The molecule has 3 N–H and O–H groups in total. The topological polar surface area (TPSA) is 61.4 Å². The highest BCUT2D eigenvalue weighted by molar-refractivity contribution is 5.94. The van der Waals surface area contributed by atoms with Crippen LogP contribution in [-0.4, -0.2) is 36.8 Å². The third-order valence-electron chi connectivity index (χ3n) is 3.03. The molecule has 2 unspecified atom stereocenters. The molecule has 0 radical (unpaired) electrons. The number of aliphatic hydroxyl groups is 1. The number of carbonyl (C=O) groups is 1. The molecule has 1 fully saturated rings. The number of nitrogens with one attached hydrogen (secondary N) is 2. The smallest absolute Gasteiger partial charge is 0.254 e. The SMILES string of the molecule is O=C(NCC1CNCC1O)c1cccc(F)c1F. The molecule has 0 aliphatic carbocycles. The number of rotatable bonds is 3. The summed E-state index contributed by atoms with van der Waals surface area (Å²) in [6.07, 6.45) is -0.525. The van der Waals surface area contributed by atoms with E-state index in [4.69, 9.17) is 0 Å². The molecule has 4 nitrogen and oxygen atoms in total. The Balaban J connectivity index is 1.97. The van der Waals surface area contributed by atoms with Gasteiger partial charge in [0.25, 0.3) is 5.91 Å². The van der Waals surface area contributed by atoms with Gasteiger partial charge >= 0.3 is 0 Å². The second-order valence-corrected chi connectivity index (χ2v) is 4.30. The van der Waals surface area contributed by atoms with Gasteiger partial charge in [0.15, 0.2) is 11.6 Å². The van der Waals surface area contributed by atoms with Crippen LogP contribution >= 0.6 is 0 Å². The molecule has 1 saturated heterocycles. The molecule has 1 heterocycles. The van der Waals surface area contributed by atoms with Gasteiger partial charge in [0, 0.05) is 25.6 Å². The van der Waals surface area contributed by atoms with E-state index in [2.05, 4.69) is 10.6 Å². The monoisotopic (exact) mass is 256 g/mol. The van der Waals surface area contributed by atoms with Crippen molar-refractivity contribution in [3.63, 3.8) is 0 Å². The van der Waals surface area contributed by atoms with E-state index in [0.717, 1.165) is 6.07 Å². The zero-order chi connectivity index (χ0) is 13.1. The van der Waals surface area contributed by atoms with Crippen molar-refractivity contribution in [2.24, 2.45) is 5.92 Å². The van der Waals surface area contributed by atoms with Crippen LogP contribution in [0.3, 0.4) is 0 Å². The van der Waals surface area contributed by atoms with Crippen molar-refractivity contribution < 1.29 is 18.7 Å². The third-order valence-corrected chi connectivity index (χ3v) is 3.03. The maximum atomic E-state index is 13.3. The van der Waals surface area contributed by atoms with Crippen molar-refractivity contribution in [2.45, 2.75) is 6.10 Å². The summed E-state index contributed by atoms with van der Waals surface area (Å²) in [5, 5.41) is 15.0. The van der Waals surface area contributed by atoms with E-state index in [1.54, 1.807) is 0 Å². The molecule has 2 atom stereocenters. The van der Waals surface area contributed by atoms with E-state index in [1.165, 1.54) is 12.1 Å². The molecule has 6 heteroatoms. The molecule has 0 spiro atoms. The van der Waals surface area contributed by atoms with Crippen molar-refractivity contribution >= 4 is 5.91 Å². The number of benzene rings is 1. The first-order valence-corrected chi connectivity index (χ1v) is 5.70. The fourth-order valence-corrected chi connectivity index (χ4v) is 1.93. The second kappa shape index (κ2) is 5.41. The Bertz CT molecular complexity index is 454. The van der Waals surface area contributed by atoms with Crippen LogP contribution in [0, 0.1) is 17.6 Å². The minimum atomic E-state index is -1.15. The predicted octanol–water partition coefficient (Wildman–Crippen LogP) is 0.275. The number of halogens is 2. The van der Waals surface area contributed by atoms with Crippen molar-refractivity contribution in [2.75, 3.05) is 19.6 Å². The van der Waals surface area contributed by atoms with Gasteiger partial charge in [-0.05, 0) is 12.1 Å². The summed E-state index contributed by atoms with van der Waals surface area (Å²) in [6.45, 7) is 1.30. The second-order valence-electron chi connectivity index (χ2n) is 4.30. The van der Waals surface area contributed by atoms with Crippen LogP contribution < -0.4 is 10.6 Å². The van der Waals surface area contributed by atoms with Crippen LogP contribution in [0.1, 0.15) is 10.4 Å². The first kappa shape index (κ1) is 12.9. The van der Waals surface area contributed by atoms with E-state index in [1.807, 2.05) is 0 Å². The zero-order valence-electron chi connectivity index (χ0n) is 9.62. The number of hydrogen-bond acceptors (Lipinski definition) is 3. The van der Waals surface area contributed by atoms with Gasteiger partial charge in [0.2, 0.25) is 0 Å². The van der Waals surface area contributed by atoms with E-state index in [-0.39, 0.29) is 18.0 Å². The van der Waals surface area contributed by atoms with E-state index in [0.29, 0.717) is 13.1 Å². The van der Waals surface area contributed by atoms with Gasteiger partial charge in [-0.3, -0.25) is 4.79 Å². The van der Waals surface area contributed by atoms with E-state index < -0.39 is 23.6 Å². The normalized spacial score (nSPS) is 23.1. The zero-order valence-corrected chi connectivity index (χ0v) is 9.62. The predicted molar refractivity (Wildman–Crippen MR) is 61.1 cm³/mol. The van der Waals surface area contributed by atoms with Gasteiger partial charge in [-0.1, -0.05) is 6.07 Å². The highest BCUT2D eigenvalue weighted by Crippen LogP contribution is 2.12. The van der Waals surface area contributed by atoms with Crippen molar-refractivity contribution in [1.29, 1.82) is 0 Å². The molecular formula is C12H14F2N2O2. The van der Waals surface area contributed by atoms with Gasteiger partial charge in [0.1, 0.15) is 0 Å². The van der Waals surface area contributed by atoms with Gasteiger partial charge < -0.3 is 15.7 Å². The van der Waals surface area contributed by atoms with Crippen molar-refractivity contribution in [3.8, 4) is 0 Å². The number of aliphatic hydroxyl groups excluding tert-OH is 1. The summed E-state index contributed by atoms with van der Waals surface area (Å²) in [5.74, 6) is -2.98. The molecule has 1 aliphatic rings. The van der Waals surface area contributed by atoms with Gasteiger partial charge in [0.05, 0.1) is 11.7 Å². The maximum Gasteiger partial charge on any atom is 0.254 e. The standard InChI is InChI=1S/C12H14F2N2O2/c13-9-3-1-2-8(11(9)14)12(18)16-5-7-4-15-6-10(7)17/h1-3,7,10,15,17H,4-6H2,(H,16,18). The molecule has 1 aromatic rings. The van der Waals surface area contributed by atoms with Crippen LogP contribution in [0.5, 0.6) is 0 Å². The first-order valence-electron chi connectivity index (χ1n) is 5.70. The molecule has 18 heavy (non-hydrogen) atoms. The van der Waals surface area contributed by atoms with E-state index in [9.17, 15) is 18.7 Å². The quantitative estimate of drug-likeness (QED) is 0.727. The summed E-state index contributed by atoms with van der Waals surface area (Å²) >= 11 is 0. The van der Waals surface area contributed by atoms with Gasteiger partial charge in [-0.25, -0.2) is 8.78 Å². The fourth-order valence-electron chi connectivity index (χ4n) is 1.93. The van der Waals surface area contributed by atoms with Crippen molar-refractivity contribution in [3.05, 3.63) is 35.4 Å². The summed E-state index contributed by atoms with van der Waals surface area (Å²) in [7, 11) is 0. The lowest BCUT2D eigenvalue weighted by Crippen LogP contribution is -2.34.